The van der Waals surface area contributed by atoms with Crippen LogP contribution in [-0.4, -0.2) is 38.1 Å². The standard InChI is InChI=1S/C14H17BrN2O3S/c1-9-11-8-10(15)5-6-12(11)17-14(18)13(16-9)4-3-7-21(2,19)20/h5-6,8,13H,3-4,7H2,1-2H3,(H,17,18). The van der Waals surface area contributed by atoms with E-state index in [2.05, 4.69) is 26.2 Å². The molecular formula is C14H17BrN2O3S. The maximum absolute atomic E-state index is 12.2. The topological polar surface area (TPSA) is 75.6 Å². The molecule has 0 saturated heterocycles. The summed E-state index contributed by atoms with van der Waals surface area (Å²) in [5.41, 5.74) is 2.38. The van der Waals surface area contributed by atoms with Gasteiger partial charge in [-0.2, -0.15) is 0 Å². The molecular weight excluding hydrogens is 356 g/mol. The maximum Gasteiger partial charge on any atom is 0.249 e. The first-order chi connectivity index (χ1) is 9.76. The Hall–Kier alpha value is -1.21. The first kappa shape index (κ1) is 16.2. The molecule has 1 atom stereocenters. The number of halogens is 1. The monoisotopic (exact) mass is 372 g/mol. The zero-order valence-corrected chi connectivity index (χ0v) is 14.3. The number of rotatable bonds is 4. The van der Waals surface area contributed by atoms with Crippen LogP contribution in [0.3, 0.4) is 0 Å². The summed E-state index contributed by atoms with van der Waals surface area (Å²) in [7, 11) is -3.01. The number of nitrogens with one attached hydrogen (secondary N) is 1. The van der Waals surface area contributed by atoms with Crippen LogP contribution in [0.1, 0.15) is 25.3 Å². The Balaban J connectivity index is 2.18. The van der Waals surface area contributed by atoms with Gasteiger partial charge in [-0.3, -0.25) is 9.79 Å². The van der Waals surface area contributed by atoms with Gasteiger partial charge in [-0.25, -0.2) is 8.42 Å². The fourth-order valence-electron chi connectivity index (χ4n) is 2.24. The fourth-order valence-corrected chi connectivity index (χ4v) is 3.29. The summed E-state index contributed by atoms with van der Waals surface area (Å²) in [6.45, 7) is 1.86. The van der Waals surface area contributed by atoms with Crippen molar-refractivity contribution in [2.45, 2.75) is 25.8 Å². The molecule has 1 N–H and O–H groups in total. The van der Waals surface area contributed by atoms with Crippen molar-refractivity contribution in [3.63, 3.8) is 0 Å². The van der Waals surface area contributed by atoms with Crippen molar-refractivity contribution in [2.75, 3.05) is 17.3 Å². The van der Waals surface area contributed by atoms with E-state index in [0.29, 0.717) is 12.8 Å². The lowest BCUT2D eigenvalue weighted by molar-refractivity contribution is -0.117. The van der Waals surface area contributed by atoms with Crippen molar-refractivity contribution >= 4 is 43.1 Å². The van der Waals surface area contributed by atoms with Gasteiger partial charge >= 0.3 is 0 Å². The molecule has 0 fully saturated rings. The minimum Gasteiger partial charge on any atom is -0.324 e. The maximum atomic E-state index is 12.2. The number of sulfone groups is 1. The Morgan fingerprint density at radius 1 is 1.38 bits per heavy atom. The van der Waals surface area contributed by atoms with Gasteiger partial charge in [-0.1, -0.05) is 15.9 Å². The molecule has 1 unspecified atom stereocenters. The lowest BCUT2D eigenvalue weighted by Crippen LogP contribution is -2.26. The number of carbonyl (C=O) groups excluding carboxylic acids is 1. The molecule has 1 aliphatic rings. The average Bonchev–Trinajstić information content (AvgIpc) is 2.47. The van der Waals surface area contributed by atoms with Crippen LogP contribution >= 0.6 is 15.9 Å². The minimum absolute atomic E-state index is 0.0733. The van der Waals surface area contributed by atoms with Crippen molar-refractivity contribution in [3.05, 3.63) is 28.2 Å². The van der Waals surface area contributed by atoms with Gasteiger partial charge in [0.2, 0.25) is 5.91 Å². The highest BCUT2D eigenvalue weighted by molar-refractivity contribution is 9.10. The molecule has 0 bridgehead atoms. The number of benzodiazepines with no additional fused rings is 1. The summed E-state index contributed by atoms with van der Waals surface area (Å²) in [4.78, 5) is 16.6. The van der Waals surface area contributed by atoms with Crippen LogP contribution < -0.4 is 5.32 Å². The molecule has 7 heteroatoms. The van der Waals surface area contributed by atoms with Crippen molar-refractivity contribution in [1.82, 2.24) is 0 Å². The number of anilines is 1. The van der Waals surface area contributed by atoms with E-state index in [9.17, 15) is 13.2 Å². The largest absolute Gasteiger partial charge is 0.324 e. The van der Waals surface area contributed by atoms with Gasteiger partial charge in [0.25, 0.3) is 0 Å². The highest BCUT2D eigenvalue weighted by Gasteiger charge is 2.23. The van der Waals surface area contributed by atoms with Crippen LogP contribution in [0.15, 0.2) is 27.7 Å². The first-order valence-corrected chi connectivity index (χ1v) is 9.44. The summed E-state index contributed by atoms with van der Waals surface area (Å²) in [5, 5.41) is 2.85. The molecule has 0 spiro atoms. The number of amides is 1. The third-order valence-corrected chi connectivity index (χ3v) is 4.80. The summed E-state index contributed by atoms with van der Waals surface area (Å²) >= 11 is 3.40. The summed E-state index contributed by atoms with van der Waals surface area (Å²) in [6, 6.07) is 5.05. The van der Waals surface area contributed by atoms with Gasteiger partial charge in [0, 0.05) is 33.4 Å². The molecule has 1 heterocycles. The van der Waals surface area contributed by atoms with Crippen LogP contribution in [0.2, 0.25) is 0 Å². The predicted molar refractivity (Wildman–Crippen MR) is 87.7 cm³/mol. The number of aliphatic imine (C=N–C) groups is 1. The fraction of sp³-hybridized carbons (Fsp3) is 0.429. The zero-order chi connectivity index (χ0) is 15.6. The normalized spacial score (nSPS) is 18.5. The predicted octanol–water partition coefficient (Wildman–Crippen LogP) is 2.40. The smallest absolute Gasteiger partial charge is 0.249 e. The van der Waals surface area contributed by atoms with E-state index in [-0.39, 0.29) is 11.7 Å². The molecule has 1 aliphatic heterocycles. The van der Waals surface area contributed by atoms with E-state index in [1.165, 1.54) is 6.26 Å². The van der Waals surface area contributed by atoms with Crippen molar-refractivity contribution < 1.29 is 13.2 Å². The van der Waals surface area contributed by atoms with E-state index in [0.717, 1.165) is 21.4 Å². The Kier molecular flexibility index (Phi) is 4.83. The van der Waals surface area contributed by atoms with Crippen LogP contribution in [0.25, 0.3) is 0 Å². The van der Waals surface area contributed by atoms with Gasteiger partial charge < -0.3 is 5.32 Å². The van der Waals surface area contributed by atoms with E-state index < -0.39 is 15.9 Å². The second kappa shape index (κ2) is 6.27. The molecule has 21 heavy (non-hydrogen) atoms. The summed E-state index contributed by atoms with van der Waals surface area (Å²) in [6.07, 6.45) is 2.04. The van der Waals surface area contributed by atoms with E-state index >= 15 is 0 Å². The number of hydrogen-bond acceptors (Lipinski definition) is 4. The van der Waals surface area contributed by atoms with Crippen molar-refractivity contribution in [2.24, 2.45) is 4.99 Å². The molecule has 0 saturated carbocycles. The van der Waals surface area contributed by atoms with Crippen molar-refractivity contribution in [3.8, 4) is 0 Å². The Bertz CT molecular complexity index is 698. The third-order valence-electron chi connectivity index (χ3n) is 3.27. The zero-order valence-electron chi connectivity index (χ0n) is 11.9. The lowest BCUT2D eigenvalue weighted by Gasteiger charge is -2.10. The van der Waals surface area contributed by atoms with Gasteiger partial charge in [0.15, 0.2) is 0 Å². The molecule has 5 nitrogen and oxygen atoms in total. The molecule has 2 rings (SSSR count). The van der Waals surface area contributed by atoms with Gasteiger partial charge in [-0.05, 0) is 38.0 Å². The van der Waals surface area contributed by atoms with Crippen LogP contribution in [0, 0.1) is 0 Å². The molecule has 1 aromatic rings. The van der Waals surface area contributed by atoms with Crippen LogP contribution in [0.5, 0.6) is 0 Å². The Morgan fingerprint density at radius 3 is 2.76 bits per heavy atom. The average molecular weight is 373 g/mol. The second-order valence-electron chi connectivity index (χ2n) is 5.18. The summed E-state index contributed by atoms with van der Waals surface area (Å²) in [5.74, 6) is -0.118. The van der Waals surface area contributed by atoms with Gasteiger partial charge in [0.1, 0.15) is 15.9 Å². The van der Waals surface area contributed by atoms with E-state index in [1.54, 1.807) is 0 Å². The number of nitrogens with zero attached hydrogens (tertiary/aromatic N) is 1. The molecule has 114 valence electrons. The van der Waals surface area contributed by atoms with Crippen LogP contribution in [0.4, 0.5) is 5.69 Å². The molecule has 0 radical (unpaired) electrons. The minimum atomic E-state index is -3.01. The van der Waals surface area contributed by atoms with Crippen LogP contribution in [-0.2, 0) is 14.6 Å². The van der Waals surface area contributed by atoms with E-state index in [1.807, 2.05) is 25.1 Å². The Labute approximate surface area is 132 Å². The quantitative estimate of drug-likeness (QED) is 0.881. The second-order valence-corrected chi connectivity index (χ2v) is 8.36. The van der Waals surface area contributed by atoms with Crippen molar-refractivity contribution in [1.29, 1.82) is 0 Å². The third kappa shape index (κ3) is 4.38. The SMILES string of the molecule is CC1=NC(CCCS(C)(=O)=O)C(=O)Nc2ccc(Br)cc21. The molecule has 1 amide bonds. The molecule has 0 aliphatic carbocycles. The molecule has 0 aromatic heterocycles. The van der Waals surface area contributed by atoms with E-state index in [4.69, 9.17) is 0 Å². The van der Waals surface area contributed by atoms with Gasteiger partial charge in [-0.15, -0.1) is 0 Å². The first-order valence-electron chi connectivity index (χ1n) is 6.59. The highest BCUT2D eigenvalue weighted by Crippen LogP contribution is 2.25. The summed E-state index contributed by atoms with van der Waals surface area (Å²) < 4.78 is 23.2. The lowest BCUT2D eigenvalue weighted by atomic mass is 10.1. The Morgan fingerprint density at radius 2 is 2.10 bits per heavy atom. The number of fused-ring (bicyclic) bond motifs is 1. The highest BCUT2D eigenvalue weighted by atomic mass is 79.9. The van der Waals surface area contributed by atoms with Gasteiger partial charge in [0.05, 0.1) is 0 Å². The number of carbonyl (C=O) groups is 1. The number of hydrogen-bond donors (Lipinski definition) is 1. The molecule has 1 aromatic carbocycles. The number of benzene rings is 1.